The van der Waals surface area contributed by atoms with Crippen LogP contribution in [-0.2, 0) is 23.7 Å². The van der Waals surface area contributed by atoms with Crippen LogP contribution in [0.15, 0.2) is 84.9 Å². The van der Waals surface area contributed by atoms with E-state index in [1.807, 2.05) is 0 Å². The van der Waals surface area contributed by atoms with Gasteiger partial charge in [-0.05, 0) is 74.3 Å². The molecule has 0 unspecified atom stereocenters. The van der Waals surface area contributed by atoms with E-state index in [1.54, 1.807) is 0 Å². The zero-order valence-corrected chi connectivity index (χ0v) is 27.4. The molecule has 0 aliphatic heterocycles. The second-order valence-corrected chi connectivity index (χ2v) is 14.8. The fourth-order valence-corrected chi connectivity index (χ4v) is 5.96. The van der Waals surface area contributed by atoms with Gasteiger partial charge in [0.25, 0.3) is 0 Å². The zero-order valence-electron chi connectivity index (χ0n) is 27.4. The van der Waals surface area contributed by atoms with Crippen LogP contribution in [0.1, 0.15) is 104 Å². The lowest BCUT2D eigenvalue weighted by Gasteiger charge is -2.42. The highest BCUT2D eigenvalue weighted by Crippen LogP contribution is 2.45. The van der Waals surface area contributed by atoms with Crippen LogP contribution < -0.4 is 5.32 Å². The average Bonchev–Trinajstić information content (AvgIpc) is 2.94. The molecule has 1 N–H and O–H groups in total. The molecule has 41 heavy (non-hydrogen) atoms. The molecule has 4 rings (SSSR count). The van der Waals surface area contributed by atoms with Crippen LogP contribution in [0.5, 0.6) is 0 Å². The third-order valence-electron chi connectivity index (χ3n) is 10.5. The number of hydrogen-bond acceptors (Lipinski definition) is 1. The van der Waals surface area contributed by atoms with E-state index in [1.165, 1.54) is 50.8 Å². The molecule has 0 amide bonds. The fourth-order valence-electron chi connectivity index (χ4n) is 5.96. The quantitative estimate of drug-likeness (QED) is 0.197. The lowest BCUT2D eigenvalue weighted by atomic mass is 9.62. The molecule has 0 heterocycles. The summed E-state index contributed by atoms with van der Waals surface area (Å²) in [5, 5.41) is 6.50. The molecule has 0 radical (unpaired) electrons. The number of benzene rings is 4. The van der Waals surface area contributed by atoms with Crippen molar-refractivity contribution in [2.75, 3.05) is 5.32 Å². The lowest BCUT2D eigenvalue weighted by molar-refractivity contribution is 0.189. The van der Waals surface area contributed by atoms with Crippen LogP contribution in [0, 0.1) is 10.8 Å². The maximum absolute atomic E-state index is 3.86. The van der Waals surface area contributed by atoms with E-state index in [9.17, 15) is 0 Å². The third-order valence-corrected chi connectivity index (χ3v) is 10.5. The largest absolute Gasteiger partial charge is 0.355 e. The highest BCUT2D eigenvalue weighted by atomic mass is 14.9. The first-order chi connectivity index (χ1) is 19.2. The van der Waals surface area contributed by atoms with E-state index in [4.69, 9.17) is 0 Å². The Balaban J connectivity index is 1.66. The molecule has 0 aliphatic rings. The van der Waals surface area contributed by atoms with Crippen molar-refractivity contribution >= 4 is 22.1 Å². The predicted molar refractivity (Wildman–Crippen MR) is 182 cm³/mol. The summed E-state index contributed by atoms with van der Waals surface area (Å²) >= 11 is 0. The summed E-state index contributed by atoms with van der Waals surface area (Å²) in [6.45, 7) is 23.7. The van der Waals surface area contributed by atoms with Gasteiger partial charge in [-0.15, -0.1) is 0 Å². The fraction of sp³-hybridized carbons (Fsp3) is 0.450. The van der Waals surface area contributed by atoms with Gasteiger partial charge in [0.05, 0.1) is 0 Å². The standard InChI is InChI=1S/C40H53N/c1-11-37(3,4)27-29-19-15-23-34-33(29)22-17-25-36(34)41-35-24-14-13-18-30(35)28-38(5,6)31-20-16-21-32(26-31)40(9,10)39(7,8)12-2/h13-26,41H,11-12,27-28H2,1-10H3. The highest BCUT2D eigenvalue weighted by molar-refractivity contribution is 5.97. The number of para-hydroxylation sites is 1. The molecule has 1 nitrogen and oxygen atoms in total. The molecule has 218 valence electrons. The minimum absolute atomic E-state index is 0.0160. The van der Waals surface area contributed by atoms with Gasteiger partial charge < -0.3 is 5.32 Å². The first kappa shape index (κ1) is 30.9. The molecule has 1 heteroatoms. The number of rotatable bonds is 11. The van der Waals surface area contributed by atoms with Gasteiger partial charge in [-0.3, -0.25) is 0 Å². The van der Waals surface area contributed by atoms with Crippen molar-refractivity contribution in [1.82, 2.24) is 0 Å². The number of hydrogen-bond donors (Lipinski definition) is 1. The van der Waals surface area contributed by atoms with E-state index in [0.29, 0.717) is 0 Å². The van der Waals surface area contributed by atoms with Gasteiger partial charge in [0, 0.05) is 16.8 Å². The van der Waals surface area contributed by atoms with Crippen molar-refractivity contribution < 1.29 is 0 Å². The smallest absolute Gasteiger partial charge is 0.0464 e. The van der Waals surface area contributed by atoms with Gasteiger partial charge in [-0.2, -0.15) is 0 Å². The molecule has 0 atom stereocenters. The van der Waals surface area contributed by atoms with Crippen LogP contribution in [-0.4, -0.2) is 0 Å². The van der Waals surface area contributed by atoms with E-state index < -0.39 is 0 Å². The zero-order chi connectivity index (χ0) is 30.1. The van der Waals surface area contributed by atoms with E-state index in [-0.39, 0.29) is 21.7 Å². The molecule has 0 spiro atoms. The Hall–Kier alpha value is -3.06. The van der Waals surface area contributed by atoms with Crippen LogP contribution >= 0.6 is 0 Å². The Morgan fingerprint density at radius 3 is 1.83 bits per heavy atom. The van der Waals surface area contributed by atoms with Crippen LogP contribution in [0.2, 0.25) is 0 Å². The normalized spacial score (nSPS) is 13.0. The van der Waals surface area contributed by atoms with E-state index >= 15 is 0 Å². The first-order valence-corrected chi connectivity index (χ1v) is 15.7. The van der Waals surface area contributed by atoms with Gasteiger partial charge in [-0.1, -0.05) is 155 Å². The summed E-state index contributed by atoms with van der Waals surface area (Å²) in [6, 6.07) is 31.7. The molecule has 0 bridgehead atoms. The second-order valence-electron chi connectivity index (χ2n) is 14.8. The Kier molecular flexibility index (Phi) is 8.79. The molecule has 4 aromatic carbocycles. The van der Waals surface area contributed by atoms with Gasteiger partial charge in [0.2, 0.25) is 0 Å². The van der Waals surface area contributed by atoms with Gasteiger partial charge in [0.15, 0.2) is 0 Å². The molecule has 0 aliphatic carbocycles. The predicted octanol–water partition coefficient (Wildman–Crippen LogP) is 11.8. The van der Waals surface area contributed by atoms with E-state index in [2.05, 4.69) is 159 Å². The van der Waals surface area contributed by atoms with Crippen molar-refractivity contribution in [2.24, 2.45) is 10.8 Å². The van der Waals surface area contributed by atoms with Crippen LogP contribution in [0.3, 0.4) is 0 Å². The van der Waals surface area contributed by atoms with Gasteiger partial charge in [-0.25, -0.2) is 0 Å². The lowest BCUT2D eigenvalue weighted by Crippen LogP contribution is -2.36. The maximum Gasteiger partial charge on any atom is 0.0464 e. The van der Waals surface area contributed by atoms with Crippen molar-refractivity contribution in [3.05, 3.63) is 107 Å². The van der Waals surface area contributed by atoms with Crippen LogP contribution in [0.25, 0.3) is 10.8 Å². The Labute approximate surface area is 250 Å². The minimum Gasteiger partial charge on any atom is -0.355 e. The monoisotopic (exact) mass is 547 g/mol. The Bertz CT molecular complexity index is 1480. The van der Waals surface area contributed by atoms with Crippen molar-refractivity contribution in [3.63, 3.8) is 0 Å². The molecule has 4 aromatic rings. The molecule has 0 aromatic heterocycles. The maximum atomic E-state index is 3.86. The summed E-state index contributed by atoms with van der Waals surface area (Å²) in [7, 11) is 0. The third kappa shape index (κ3) is 6.56. The minimum atomic E-state index is -0.0160. The number of nitrogens with one attached hydrogen (secondary N) is 1. The molecular weight excluding hydrogens is 494 g/mol. The summed E-state index contributed by atoms with van der Waals surface area (Å²) < 4.78 is 0. The van der Waals surface area contributed by atoms with Crippen molar-refractivity contribution in [2.45, 2.75) is 106 Å². The molecule has 0 saturated carbocycles. The van der Waals surface area contributed by atoms with Crippen molar-refractivity contribution in [1.29, 1.82) is 0 Å². The average molecular weight is 548 g/mol. The SMILES string of the molecule is CCC(C)(C)Cc1cccc2c(Nc3ccccc3CC(C)(C)c3cccc(C(C)(C)C(C)(C)CC)c3)cccc12. The Morgan fingerprint density at radius 2 is 1.12 bits per heavy atom. The number of anilines is 2. The second kappa shape index (κ2) is 11.7. The number of fused-ring (bicyclic) bond motifs is 1. The van der Waals surface area contributed by atoms with Gasteiger partial charge in [0.1, 0.15) is 0 Å². The molecule has 0 fully saturated rings. The molecular formula is C40H53N. The van der Waals surface area contributed by atoms with Gasteiger partial charge >= 0.3 is 0 Å². The topological polar surface area (TPSA) is 12.0 Å². The van der Waals surface area contributed by atoms with Crippen LogP contribution in [0.4, 0.5) is 11.4 Å². The summed E-state index contributed by atoms with van der Waals surface area (Å²) in [6.07, 6.45) is 4.36. The van der Waals surface area contributed by atoms with E-state index in [0.717, 1.165) is 19.3 Å². The summed E-state index contributed by atoms with van der Waals surface area (Å²) in [4.78, 5) is 0. The Morgan fingerprint density at radius 1 is 0.537 bits per heavy atom. The molecule has 0 saturated heterocycles. The highest BCUT2D eigenvalue weighted by Gasteiger charge is 2.37. The summed E-state index contributed by atoms with van der Waals surface area (Å²) in [5.74, 6) is 0. The summed E-state index contributed by atoms with van der Waals surface area (Å²) in [5.41, 5.74) is 8.55. The van der Waals surface area contributed by atoms with Crippen molar-refractivity contribution in [3.8, 4) is 0 Å². The first-order valence-electron chi connectivity index (χ1n) is 15.7.